The van der Waals surface area contributed by atoms with Gasteiger partial charge in [0, 0.05) is 13.7 Å². The van der Waals surface area contributed by atoms with Gasteiger partial charge in [0.2, 0.25) is 0 Å². The molecular weight excluding hydrogens is 911 g/mol. The quantitative estimate of drug-likeness (QED) is 0.0460. The number of nitrogens with zero attached hydrogens (tertiary/aromatic N) is 1. The van der Waals surface area contributed by atoms with Crippen LogP contribution in [0.4, 0.5) is 84.7 Å². The highest BCUT2D eigenvalue weighted by atomic mass is 19.4. The van der Waals surface area contributed by atoms with Gasteiger partial charge in [-0.05, 0) is 61.9 Å². The lowest BCUT2D eigenvalue weighted by molar-refractivity contribution is -0.144. The predicted molar refractivity (Wildman–Crippen MR) is 197 cm³/mol. The fourth-order valence-electron chi connectivity index (χ4n) is 6.31. The smallest absolute Gasteiger partial charge is 0.490 e. The van der Waals surface area contributed by atoms with E-state index in [1.807, 2.05) is 0 Å². The minimum absolute atomic E-state index is 0.0489. The van der Waals surface area contributed by atoms with E-state index in [-0.39, 0.29) is 42.8 Å². The van der Waals surface area contributed by atoms with Crippen LogP contribution < -0.4 is 18.9 Å². The second kappa shape index (κ2) is 21.7. The summed E-state index contributed by atoms with van der Waals surface area (Å²) in [5.41, 5.74) is -14.0. The second-order valence-electron chi connectivity index (χ2n) is 14.6. The zero-order valence-electron chi connectivity index (χ0n) is 34.1. The third-order valence-electron chi connectivity index (χ3n) is 9.59. The lowest BCUT2D eigenvalue weighted by Crippen LogP contribution is -2.40. The van der Waals surface area contributed by atoms with E-state index in [2.05, 4.69) is 6.92 Å². The number of hydrogen-bond donors (Lipinski definition) is 0. The van der Waals surface area contributed by atoms with Crippen molar-refractivity contribution < 1.29 is 97.7 Å². The van der Waals surface area contributed by atoms with Gasteiger partial charge < -0.3 is 23.6 Å². The molecule has 0 saturated carbocycles. The Morgan fingerprint density at radius 3 is 1.12 bits per heavy atom. The molecule has 1 atom stereocenters. The van der Waals surface area contributed by atoms with E-state index in [1.54, 1.807) is 0 Å². The molecule has 24 heteroatoms. The van der Waals surface area contributed by atoms with E-state index >= 15 is 0 Å². The standard InChI is InChI=1S/C40H42BF18NO4/c1-4-5-6-7-8-9-10-11-12-13-14-15-60(24(2)61-3)34-32(40(57,58)59)22-29(39(54,55)56)23-33(34)64-41(62-30-18-25(35(42,43)44)16-26(19-30)36(45,46)47)63-31-20-27(37(48,49)50)17-28(21-31)38(51,52)53/h16-24H,4-15H2,1-3H3. The minimum atomic E-state index is -5.71. The van der Waals surface area contributed by atoms with Gasteiger partial charge in [0.1, 0.15) is 23.5 Å². The summed E-state index contributed by atoms with van der Waals surface area (Å²) in [5, 5.41) is 0. The minimum Gasteiger partial charge on any atom is -0.490 e. The highest BCUT2D eigenvalue weighted by molar-refractivity contribution is 6.39. The topological polar surface area (TPSA) is 40.2 Å². The largest absolute Gasteiger partial charge is 0.864 e. The lowest BCUT2D eigenvalue weighted by Gasteiger charge is -2.34. The molecule has 0 aromatic heterocycles. The number of hydrogen-bond acceptors (Lipinski definition) is 5. The molecule has 0 N–H and O–H groups in total. The molecule has 0 saturated heterocycles. The van der Waals surface area contributed by atoms with Crippen LogP contribution in [0.2, 0.25) is 0 Å². The van der Waals surface area contributed by atoms with Gasteiger partial charge in [-0.25, -0.2) is 0 Å². The first-order valence-electron chi connectivity index (χ1n) is 19.6. The summed E-state index contributed by atoms with van der Waals surface area (Å²) >= 11 is 0. The molecule has 3 aromatic carbocycles. The Kier molecular flexibility index (Phi) is 18.3. The van der Waals surface area contributed by atoms with Crippen LogP contribution in [0, 0.1) is 0 Å². The zero-order chi connectivity index (χ0) is 48.5. The number of anilines is 1. The van der Waals surface area contributed by atoms with E-state index in [9.17, 15) is 79.0 Å². The number of benzene rings is 3. The zero-order valence-corrected chi connectivity index (χ0v) is 34.1. The van der Waals surface area contributed by atoms with E-state index in [1.165, 1.54) is 0 Å². The molecule has 5 nitrogen and oxygen atoms in total. The first kappa shape index (κ1) is 54.0. The van der Waals surface area contributed by atoms with Crippen LogP contribution in [0.15, 0.2) is 48.5 Å². The van der Waals surface area contributed by atoms with Crippen molar-refractivity contribution in [2.45, 2.75) is 128 Å². The van der Waals surface area contributed by atoms with E-state index in [4.69, 9.17) is 18.7 Å². The summed E-state index contributed by atoms with van der Waals surface area (Å²) in [6, 6.07) is -2.02. The van der Waals surface area contributed by atoms with E-state index < -0.39 is 126 Å². The molecule has 0 spiro atoms. The summed E-state index contributed by atoms with van der Waals surface area (Å²) in [6.45, 7) is 2.78. The molecule has 0 bridgehead atoms. The molecule has 0 amide bonds. The summed E-state index contributed by atoms with van der Waals surface area (Å²) < 4.78 is 273. The van der Waals surface area contributed by atoms with Crippen LogP contribution in [0.1, 0.15) is 118 Å². The molecule has 3 aromatic rings. The van der Waals surface area contributed by atoms with Crippen LogP contribution in [-0.2, 0) is 41.8 Å². The van der Waals surface area contributed by atoms with Crippen molar-refractivity contribution in [1.82, 2.24) is 0 Å². The summed E-state index contributed by atoms with van der Waals surface area (Å²) in [7, 11) is -2.33. The van der Waals surface area contributed by atoms with Gasteiger partial charge in [-0.1, -0.05) is 71.1 Å². The molecular formula is C40H42BF18NO4. The van der Waals surface area contributed by atoms with Crippen LogP contribution in [0.25, 0.3) is 0 Å². The van der Waals surface area contributed by atoms with E-state index in [0.717, 1.165) is 63.9 Å². The number of alkyl halides is 18. The lowest BCUT2D eigenvalue weighted by atomic mass is 10.0. The van der Waals surface area contributed by atoms with Crippen molar-refractivity contribution in [3.8, 4) is 17.2 Å². The van der Waals surface area contributed by atoms with Gasteiger partial charge in [-0.15, -0.1) is 0 Å². The van der Waals surface area contributed by atoms with Crippen LogP contribution in [0.5, 0.6) is 17.2 Å². The second-order valence-corrected chi connectivity index (χ2v) is 14.6. The summed E-state index contributed by atoms with van der Waals surface area (Å²) in [5.74, 6) is -4.81. The molecule has 1 unspecified atom stereocenters. The molecule has 64 heavy (non-hydrogen) atoms. The maximum Gasteiger partial charge on any atom is 0.864 e. The van der Waals surface area contributed by atoms with Gasteiger partial charge in [0.25, 0.3) is 0 Å². The van der Waals surface area contributed by atoms with E-state index in [0.29, 0.717) is 19.3 Å². The molecule has 0 aliphatic heterocycles. The first-order valence-corrected chi connectivity index (χ1v) is 19.6. The van der Waals surface area contributed by atoms with Crippen LogP contribution in [-0.4, -0.2) is 27.2 Å². The molecule has 0 fully saturated rings. The Balaban J connectivity index is 2.27. The van der Waals surface area contributed by atoms with Crippen molar-refractivity contribution in [1.29, 1.82) is 0 Å². The van der Waals surface area contributed by atoms with Crippen LogP contribution in [0.3, 0.4) is 0 Å². The molecule has 0 radical (unpaired) electrons. The van der Waals surface area contributed by atoms with Crippen molar-refractivity contribution in [2.75, 3.05) is 18.6 Å². The van der Waals surface area contributed by atoms with Gasteiger partial charge >= 0.3 is 44.4 Å². The summed E-state index contributed by atoms with van der Waals surface area (Å²) in [4.78, 5) is 0.751. The highest BCUT2D eigenvalue weighted by Crippen LogP contribution is 2.48. The van der Waals surface area contributed by atoms with Crippen molar-refractivity contribution >= 4 is 13.0 Å². The Morgan fingerprint density at radius 1 is 0.453 bits per heavy atom. The number of methoxy groups -OCH3 is 1. The fraction of sp³-hybridized carbons (Fsp3) is 0.550. The molecule has 0 aliphatic rings. The van der Waals surface area contributed by atoms with Crippen molar-refractivity contribution in [2.24, 2.45) is 0 Å². The predicted octanol–water partition coefficient (Wildman–Crippen LogP) is 15.4. The third-order valence-corrected chi connectivity index (χ3v) is 9.59. The average Bonchev–Trinajstić information content (AvgIpc) is 3.15. The Labute approximate surface area is 356 Å². The average molecular weight is 954 g/mol. The summed E-state index contributed by atoms with van der Waals surface area (Å²) in [6.07, 6.45) is -26.5. The first-order chi connectivity index (χ1) is 29.4. The monoisotopic (exact) mass is 953 g/mol. The van der Waals surface area contributed by atoms with Gasteiger partial charge in [-0.2, -0.15) is 79.0 Å². The number of ether oxygens (including phenoxy) is 1. The van der Waals surface area contributed by atoms with Crippen molar-refractivity contribution in [3.63, 3.8) is 0 Å². The maximum absolute atomic E-state index is 14.9. The van der Waals surface area contributed by atoms with Gasteiger partial charge in [0.05, 0.1) is 39.1 Å². The normalized spacial score (nSPS) is 13.5. The molecule has 0 heterocycles. The molecule has 0 aliphatic carbocycles. The molecule has 3 rings (SSSR count). The molecule has 360 valence electrons. The Morgan fingerprint density at radius 2 is 0.797 bits per heavy atom. The number of halogens is 18. The number of rotatable bonds is 21. The number of unbranched alkanes of at least 4 members (excludes halogenated alkanes) is 10. The SMILES string of the molecule is CCCCCCCCCCCCCN(c1c(OB(Oc2cc(C(F)(F)F)cc(C(F)(F)F)c2)Oc2cc(C(F)(F)F)cc(C(F)(F)F)c2)cc(C(F)(F)F)cc1C(F)(F)F)C(C)OC. The van der Waals surface area contributed by atoms with Gasteiger partial charge in [0.15, 0.2) is 0 Å². The Hall–Kier alpha value is -4.38. The highest BCUT2D eigenvalue weighted by Gasteiger charge is 2.45. The van der Waals surface area contributed by atoms with Crippen LogP contribution >= 0.6 is 0 Å². The van der Waals surface area contributed by atoms with Crippen molar-refractivity contribution in [3.05, 3.63) is 81.9 Å². The maximum atomic E-state index is 14.9. The Bertz CT molecular complexity index is 1800. The third kappa shape index (κ3) is 16.3. The van der Waals surface area contributed by atoms with Gasteiger partial charge in [-0.3, -0.25) is 0 Å². The fourth-order valence-corrected chi connectivity index (χ4v) is 6.31.